The van der Waals surface area contributed by atoms with Crippen LogP contribution in [0, 0.1) is 0 Å². The van der Waals surface area contributed by atoms with E-state index in [4.69, 9.17) is 0 Å². The third kappa shape index (κ3) is 4.18. The van der Waals surface area contributed by atoms with Crippen LogP contribution in [0.3, 0.4) is 0 Å². The van der Waals surface area contributed by atoms with Crippen LogP contribution in [0.25, 0.3) is 70.9 Å². The largest absolute Gasteiger partial charge is 0.311 e. The van der Waals surface area contributed by atoms with Gasteiger partial charge in [0.25, 0.3) is 0 Å². The third-order valence-corrected chi connectivity index (χ3v) is 14.9. The van der Waals surface area contributed by atoms with Crippen molar-refractivity contribution in [2.75, 3.05) is 4.90 Å². The highest BCUT2D eigenvalue weighted by molar-refractivity contribution is 7.02. The lowest BCUT2D eigenvalue weighted by Gasteiger charge is -2.40. The minimum atomic E-state index is 0.0896. The summed E-state index contributed by atoms with van der Waals surface area (Å²) in [6, 6.07) is 64.8. The van der Waals surface area contributed by atoms with Gasteiger partial charge in [0.2, 0.25) is 13.4 Å². The van der Waals surface area contributed by atoms with Crippen molar-refractivity contribution in [3.8, 4) is 16.8 Å². The monoisotopic (exact) mass is 788 g/mol. The first kappa shape index (κ1) is 34.7. The first-order chi connectivity index (χ1) is 30.5. The van der Waals surface area contributed by atoms with Crippen molar-refractivity contribution in [3.05, 3.63) is 181 Å². The lowest BCUT2D eigenvalue weighted by molar-refractivity contribution is 0.880. The van der Waals surface area contributed by atoms with Crippen LogP contribution in [0.15, 0.2) is 170 Å². The molecule has 62 heavy (non-hydrogen) atoms. The number of aromatic nitrogens is 1. The first-order valence-corrected chi connectivity index (χ1v) is 22.5. The SMILES string of the molecule is CC(C)c1c2c(c3ccc4c(C(C)C)c5c(c6ccc1c3c46)-n1c3ccccc3c3cccc(c31)B5c1ccccc1)N(c1ccccc1)c1cccc3c1B2c1ccccc1-3. The van der Waals surface area contributed by atoms with Gasteiger partial charge in [-0.3, -0.25) is 0 Å². The van der Waals surface area contributed by atoms with Gasteiger partial charge in [-0.25, -0.2) is 0 Å². The smallest absolute Gasteiger partial charge is 0.248 e. The molecule has 0 amide bonds. The summed E-state index contributed by atoms with van der Waals surface area (Å²) in [5.74, 6) is 0.565. The molecule has 10 aromatic carbocycles. The Kier molecular flexibility index (Phi) is 6.87. The summed E-state index contributed by atoms with van der Waals surface area (Å²) in [7, 11) is 0. The molecule has 3 aliphatic heterocycles. The van der Waals surface area contributed by atoms with Gasteiger partial charge < -0.3 is 9.47 Å². The summed E-state index contributed by atoms with van der Waals surface area (Å²) >= 11 is 0. The third-order valence-electron chi connectivity index (χ3n) is 14.9. The van der Waals surface area contributed by atoms with Gasteiger partial charge >= 0.3 is 0 Å². The fraction of sp³-hybridized carbons (Fsp3) is 0.103. The first-order valence-electron chi connectivity index (χ1n) is 22.5. The van der Waals surface area contributed by atoms with Crippen molar-refractivity contribution in [2.24, 2.45) is 0 Å². The van der Waals surface area contributed by atoms with Crippen LogP contribution >= 0.6 is 0 Å². The lowest BCUT2D eigenvalue weighted by atomic mass is 9.34. The fourth-order valence-corrected chi connectivity index (χ4v) is 12.8. The number of fused-ring (bicyclic) bond motifs is 12. The molecule has 4 heterocycles. The molecule has 0 saturated carbocycles. The molecular formula is C58H42B2N2. The van der Waals surface area contributed by atoms with E-state index in [1.807, 2.05) is 0 Å². The Hall–Kier alpha value is -7.03. The van der Waals surface area contributed by atoms with Crippen molar-refractivity contribution in [3.63, 3.8) is 0 Å². The molecule has 11 aromatic rings. The Morgan fingerprint density at radius 1 is 0.403 bits per heavy atom. The van der Waals surface area contributed by atoms with Gasteiger partial charge in [-0.05, 0) is 102 Å². The van der Waals surface area contributed by atoms with Crippen molar-refractivity contribution in [2.45, 2.75) is 39.5 Å². The molecule has 4 heteroatoms. The quantitative estimate of drug-likeness (QED) is 0.127. The maximum Gasteiger partial charge on any atom is 0.248 e. The zero-order chi connectivity index (χ0) is 41.1. The summed E-state index contributed by atoms with van der Waals surface area (Å²) in [4.78, 5) is 2.62. The Bertz CT molecular complexity index is 3710. The van der Waals surface area contributed by atoms with E-state index in [2.05, 4.69) is 207 Å². The molecule has 0 N–H and O–H groups in total. The molecular weight excluding hydrogens is 746 g/mol. The standard InChI is InChI=1S/C58H42B2N2/c1-33(2)49-41-29-31-43-51-42(50(34(3)4)55-57(43)61(36-19-9-6-10-20-36)48-28-16-23-39-37-21-11-13-25-45(37)60(55)53(39)48)30-32-44(52(41)51)58-54(49)59(35-17-7-5-8-18-35)46-26-15-24-40-38-22-12-14-27-47(38)62(58)56(40)46/h5-34H,1-4H3. The van der Waals surface area contributed by atoms with E-state index in [1.165, 1.54) is 132 Å². The van der Waals surface area contributed by atoms with E-state index < -0.39 is 0 Å². The van der Waals surface area contributed by atoms with E-state index in [1.54, 1.807) is 0 Å². The van der Waals surface area contributed by atoms with Gasteiger partial charge in [0.05, 0.1) is 5.52 Å². The zero-order valence-corrected chi connectivity index (χ0v) is 35.4. The van der Waals surface area contributed by atoms with Crippen LogP contribution in [0.5, 0.6) is 0 Å². The Morgan fingerprint density at radius 2 is 0.968 bits per heavy atom. The van der Waals surface area contributed by atoms with E-state index in [9.17, 15) is 0 Å². The highest BCUT2D eigenvalue weighted by atomic mass is 15.2. The van der Waals surface area contributed by atoms with Gasteiger partial charge in [0.15, 0.2) is 0 Å². The average molecular weight is 789 g/mol. The second-order valence-electron chi connectivity index (χ2n) is 18.6. The maximum absolute atomic E-state index is 2.66. The summed E-state index contributed by atoms with van der Waals surface area (Å²) in [5.41, 5.74) is 21.9. The van der Waals surface area contributed by atoms with E-state index >= 15 is 0 Å². The summed E-state index contributed by atoms with van der Waals surface area (Å²) < 4.78 is 2.66. The minimum absolute atomic E-state index is 0.0896. The summed E-state index contributed by atoms with van der Waals surface area (Å²) in [6.45, 7) is 9.92. The normalized spacial score (nSPS) is 13.7. The van der Waals surface area contributed by atoms with Gasteiger partial charge in [0, 0.05) is 49.8 Å². The Labute approximate surface area is 362 Å². The van der Waals surface area contributed by atoms with Crippen molar-refractivity contribution < 1.29 is 0 Å². The molecule has 0 bridgehead atoms. The molecule has 0 unspecified atom stereocenters. The number of anilines is 3. The Balaban J connectivity index is 1.21. The maximum atomic E-state index is 2.66. The van der Waals surface area contributed by atoms with E-state index in [0.29, 0.717) is 0 Å². The van der Waals surface area contributed by atoms with Crippen LogP contribution in [0.1, 0.15) is 50.7 Å². The predicted octanol–water partition coefficient (Wildman–Crippen LogP) is 11.0. The average Bonchev–Trinajstić information content (AvgIpc) is 3.83. The van der Waals surface area contributed by atoms with Crippen LogP contribution in [-0.4, -0.2) is 18.0 Å². The molecule has 3 aliphatic rings. The molecule has 2 nitrogen and oxygen atoms in total. The van der Waals surface area contributed by atoms with Crippen molar-refractivity contribution in [1.29, 1.82) is 0 Å². The van der Waals surface area contributed by atoms with Crippen LogP contribution in [0.2, 0.25) is 0 Å². The second kappa shape index (κ2) is 12.3. The van der Waals surface area contributed by atoms with Gasteiger partial charge in [-0.15, -0.1) is 0 Å². The van der Waals surface area contributed by atoms with Crippen LogP contribution < -0.4 is 37.7 Å². The second-order valence-corrected chi connectivity index (χ2v) is 18.6. The fourth-order valence-electron chi connectivity index (χ4n) is 12.8. The molecule has 0 atom stereocenters. The molecule has 0 spiro atoms. The number of hydrogen-bond acceptors (Lipinski definition) is 1. The van der Waals surface area contributed by atoms with E-state index in [-0.39, 0.29) is 25.3 Å². The summed E-state index contributed by atoms with van der Waals surface area (Å²) in [5, 5.41) is 10.8. The number of para-hydroxylation sites is 3. The van der Waals surface area contributed by atoms with E-state index in [0.717, 1.165) is 0 Å². The number of benzene rings is 10. The lowest BCUT2D eigenvalue weighted by Crippen LogP contribution is -2.57. The van der Waals surface area contributed by atoms with Crippen molar-refractivity contribution in [1.82, 2.24) is 4.57 Å². The molecule has 0 radical (unpaired) electrons. The van der Waals surface area contributed by atoms with Gasteiger partial charge in [-0.2, -0.15) is 0 Å². The van der Waals surface area contributed by atoms with Crippen LogP contribution in [-0.2, 0) is 0 Å². The molecule has 0 fully saturated rings. The number of rotatable bonds is 4. The molecule has 0 saturated heterocycles. The topological polar surface area (TPSA) is 8.17 Å². The number of hydrogen-bond donors (Lipinski definition) is 0. The minimum Gasteiger partial charge on any atom is -0.311 e. The highest BCUT2D eigenvalue weighted by Crippen LogP contribution is 2.51. The van der Waals surface area contributed by atoms with Crippen LogP contribution in [0.4, 0.5) is 17.1 Å². The Morgan fingerprint density at radius 3 is 1.71 bits per heavy atom. The molecule has 14 rings (SSSR count). The zero-order valence-electron chi connectivity index (χ0n) is 35.4. The summed E-state index contributed by atoms with van der Waals surface area (Å²) in [6.07, 6.45) is 0. The molecule has 0 aliphatic carbocycles. The highest BCUT2D eigenvalue weighted by Gasteiger charge is 2.46. The van der Waals surface area contributed by atoms with Crippen molar-refractivity contribution >= 4 is 117 Å². The molecule has 1 aromatic heterocycles. The number of nitrogens with zero attached hydrogens (tertiary/aromatic N) is 2. The van der Waals surface area contributed by atoms with Gasteiger partial charge in [-0.1, -0.05) is 184 Å². The molecule has 290 valence electrons. The predicted molar refractivity (Wildman–Crippen MR) is 269 cm³/mol. The van der Waals surface area contributed by atoms with Gasteiger partial charge in [0.1, 0.15) is 0 Å².